The average Bonchev–Trinajstić information content (AvgIpc) is 3.60. The zero-order valence-electron chi connectivity index (χ0n) is 19.7. The second kappa shape index (κ2) is 9.46. The molecule has 1 aliphatic heterocycles. The standard InChI is InChI=1S/C26H24N8OS/c1-17-2-7-21-22(12-17)36-26(32-21)19-3-5-20(6-4-19)31-25(35)18-8-10-33(11-9-18)23-13-24(29-15-28-23)34-16-27-14-30-34/h2-7,12-16,18H,8-11H2,1H3,(H,31,35). The van der Waals surface area contributed by atoms with Crippen molar-refractivity contribution >= 4 is 39.0 Å². The van der Waals surface area contributed by atoms with Crippen LogP contribution in [0.1, 0.15) is 18.4 Å². The number of rotatable bonds is 5. The molecule has 0 spiro atoms. The van der Waals surface area contributed by atoms with Gasteiger partial charge in [-0.2, -0.15) is 5.10 Å². The van der Waals surface area contributed by atoms with Gasteiger partial charge >= 0.3 is 0 Å². The lowest BCUT2D eigenvalue weighted by Gasteiger charge is -2.32. The van der Waals surface area contributed by atoms with Gasteiger partial charge in [-0.05, 0) is 61.7 Å². The summed E-state index contributed by atoms with van der Waals surface area (Å²) in [5, 5.41) is 8.20. The van der Waals surface area contributed by atoms with Crippen molar-refractivity contribution in [1.82, 2.24) is 29.7 Å². The molecule has 0 bridgehead atoms. The molecule has 1 fully saturated rings. The van der Waals surface area contributed by atoms with Crippen molar-refractivity contribution < 1.29 is 4.79 Å². The minimum Gasteiger partial charge on any atom is -0.356 e. The van der Waals surface area contributed by atoms with Crippen molar-refractivity contribution in [2.24, 2.45) is 5.92 Å². The fraction of sp³-hybridized carbons (Fsp3) is 0.231. The number of carbonyl (C=O) groups excluding carboxylic acids is 1. The molecule has 4 heterocycles. The summed E-state index contributed by atoms with van der Waals surface area (Å²) in [5.74, 6) is 1.52. The van der Waals surface area contributed by atoms with Crippen LogP contribution in [0, 0.1) is 12.8 Å². The van der Waals surface area contributed by atoms with Crippen LogP contribution < -0.4 is 10.2 Å². The van der Waals surface area contributed by atoms with Crippen LogP contribution in [-0.4, -0.2) is 48.7 Å². The van der Waals surface area contributed by atoms with E-state index in [9.17, 15) is 4.79 Å². The summed E-state index contributed by atoms with van der Waals surface area (Å²) in [6.45, 7) is 3.59. The summed E-state index contributed by atoms with van der Waals surface area (Å²) in [7, 11) is 0. The molecule has 9 nitrogen and oxygen atoms in total. The third-order valence-corrected chi connectivity index (χ3v) is 7.49. The van der Waals surface area contributed by atoms with Crippen molar-refractivity contribution in [1.29, 1.82) is 0 Å². The van der Waals surface area contributed by atoms with E-state index in [0.29, 0.717) is 5.82 Å². The van der Waals surface area contributed by atoms with Gasteiger partial charge in [-0.15, -0.1) is 11.3 Å². The highest BCUT2D eigenvalue weighted by atomic mass is 32.1. The number of thiazole rings is 1. The molecule has 5 aromatic rings. The fourth-order valence-electron chi connectivity index (χ4n) is 4.43. The molecule has 1 N–H and O–H groups in total. The molecule has 0 unspecified atom stereocenters. The molecule has 1 saturated heterocycles. The van der Waals surface area contributed by atoms with Crippen LogP contribution >= 0.6 is 11.3 Å². The highest BCUT2D eigenvalue weighted by Crippen LogP contribution is 2.31. The first-order valence-corrected chi connectivity index (χ1v) is 12.6. The van der Waals surface area contributed by atoms with Gasteiger partial charge < -0.3 is 10.2 Å². The molecular weight excluding hydrogens is 472 g/mol. The molecular formula is C26H24N8OS. The Morgan fingerprint density at radius 1 is 1.00 bits per heavy atom. The monoisotopic (exact) mass is 496 g/mol. The number of fused-ring (bicyclic) bond motifs is 1. The molecule has 3 aromatic heterocycles. The third kappa shape index (κ3) is 4.55. The van der Waals surface area contributed by atoms with Crippen LogP contribution in [0.5, 0.6) is 0 Å². The number of nitrogens with zero attached hydrogens (tertiary/aromatic N) is 7. The van der Waals surface area contributed by atoms with E-state index >= 15 is 0 Å². The van der Waals surface area contributed by atoms with Gasteiger partial charge in [0.2, 0.25) is 5.91 Å². The van der Waals surface area contributed by atoms with Crippen LogP contribution in [0.3, 0.4) is 0 Å². The zero-order chi connectivity index (χ0) is 24.5. The lowest BCUT2D eigenvalue weighted by Crippen LogP contribution is -2.38. The SMILES string of the molecule is Cc1ccc2nc(-c3ccc(NC(=O)C4CCN(c5cc(-n6cncn6)ncn5)CC4)cc3)sc2c1. The maximum atomic E-state index is 12.9. The van der Waals surface area contributed by atoms with Crippen LogP contribution in [0.2, 0.25) is 0 Å². The van der Waals surface area contributed by atoms with E-state index in [1.807, 2.05) is 30.3 Å². The summed E-state index contributed by atoms with van der Waals surface area (Å²) in [5.41, 5.74) is 4.10. The number of benzene rings is 2. The highest BCUT2D eigenvalue weighted by Gasteiger charge is 2.26. The van der Waals surface area contributed by atoms with Crippen LogP contribution in [-0.2, 0) is 4.79 Å². The number of aryl methyl sites for hydroxylation is 1. The van der Waals surface area contributed by atoms with Crippen LogP contribution in [0.4, 0.5) is 11.5 Å². The Morgan fingerprint density at radius 2 is 1.81 bits per heavy atom. The first kappa shape index (κ1) is 22.3. The first-order chi connectivity index (χ1) is 17.6. The Labute approximate surface area is 211 Å². The van der Waals surface area contributed by atoms with E-state index < -0.39 is 0 Å². The Bertz CT molecular complexity index is 1510. The number of aromatic nitrogens is 6. The Hall–Kier alpha value is -4.18. The minimum absolute atomic E-state index is 0.0370. The first-order valence-electron chi connectivity index (χ1n) is 11.8. The molecule has 0 saturated carbocycles. The van der Waals surface area contributed by atoms with Crippen LogP contribution in [0.15, 0.2) is 67.5 Å². The van der Waals surface area contributed by atoms with E-state index in [2.05, 4.69) is 55.4 Å². The molecule has 10 heteroatoms. The second-order valence-electron chi connectivity index (χ2n) is 8.89. The molecule has 36 heavy (non-hydrogen) atoms. The summed E-state index contributed by atoms with van der Waals surface area (Å²) in [6.07, 6.45) is 6.13. The number of hydrogen-bond acceptors (Lipinski definition) is 8. The van der Waals surface area contributed by atoms with Crippen molar-refractivity contribution in [3.05, 3.63) is 73.1 Å². The van der Waals surface area contributed by atoms with Crippen molar-refractivity contribution in [2.75, 3.05) is 23.3 Å². The quantitative estimate of drug-likeness (QED) is 0.382. The summed E-state index contributed by atoms with van der Waals surface area (Å²) in [6, 6.07) is 16.1. The molecule has 0 atom stereocenters. The molecule has 1 aliphatic rings. The van der Waals surface area contributed by atoms with E-state index in [0.717, 1.165) is 53.5 Å². The summed E-state index contributed by atoms with van der Waals surface area (Å²) in [4.78, 5) is 32.5. The molecule has 6 rings (SSSR count). The highest BCUT2D eigenvalue weighted by molar-refractivity contribution is 7.21. The maximum Gasteiger partial charge on any atom is 0.227 e. The van der Waals surface area contributed by atoms with Crippen molar-refractivity contribution in [3.8, 4) is 16.4 Å². The second-order valence-corrected chi connectivity index (χ2v) is 9.92. The molecule has 0 radical (unpaired) electrons. The maximum absolute atomic E-state index is 12.9. The summed E-state index contributed by atoms with van der Waals surface area (Å²) >= 11 is 1.69. The Balaban J connectivity index is 1.07. The third-order valence-electron chi connectivity index (χ3n) is 6.42. The summed E-state index contributed by atoms with van der Waals surface area (Å²) < 4.78 is 2.79. The smallest absolute Gasteiger partial charge is 0.227 e. The number of piperidine rings is 1. The largest absolute Gasteiger partial charge is 0.356 e. The Kier molecular flexibility index (Phi) is 5.86. The van der Waals surface area contributed by atoms with Gasteiger partial charge in [0.05, 0.1) is 10.2 Å². The van der Waals surface area contributed by atoms with Crippen molar-refractivity contribution in [2.45, 2.75) is 19.8 Å². The number of anilines is 2. The van der Waals surface area contributed by atoms with Gasteiger partial charge in [0.1, 0.15) is 29.8 Å². The Morgan fingerprint density at radius 3 is 2.58 bits per heavy atom. The predicted octanol–water partition coefficient (Wildman–Crippen LogP) is 4.50. The van der Waals surface area contributed by atoms with Gasteiger partial charge in [-0.3, -0.25) is 4.79 Å². The lowest BCUT2D eigenvalue weighted by atomic mass is 9.95. The molecule has 2 aromatic carbocycles. The fourth-order valence-corrected chi connectivity index (χ4v) is 5.50. The number of hydrogen-bond donors (Lipinski definition) is 1. The van der Waals surface area contributed by atoms with Gasteiger partial charge in [-0.25, -0.2) is 24.6 Å². The normalized spacial score (nSPS) is 14.3. The lowest BCUT2D eigenvalue weighted by molar-refractivity contribution is -0.120. The van der Waals surface area contributed by atoms with Gasteiger partial charge in [0.15, 0.2) is 5.82 Å². The van der Waals surface area contributed by atoms with Gasteiger partial charge in [-0.1, -0.05) is 6.07 Å². The molecule has 180 valence electrons. The van der Waals surface area contributed by atoms with Gasteiger partial charge in [0.25, 0.3) is 0 Å². The minimum atomic E-state index is -0.0370. The van der Waals surface area contributed by atoms with E-state index in [-0.39, 0.29) is 11.8 Å². The van der Waals surface area contributed by atoms with Crippen molar-refractivity contribution in [3.63, 3.8) is 0 Å². The van der Waals surface area contributed by atoms with E-state index in [1.54, 1.807) is 22.3 Å². The van der Waals surface area contributed by atoms with Crippen LogP contribution in [0.25, 0.3) is 26.6 Å². The number of carbonyl (C=O) groups is 1. The predicted molar refractivity (Wildman–Crippen MR) is 140 cm³/mol. The average molecular weight is 497 g/mol. The number of amides is 1. The van der Waals surface area contributed by atoms with Gasteiger partial charge in [0, 0.05) is 36.3 Å². The zero-order valence-corrected chi connectivity index (χ0v) is 20.5. The molecule has 1 amide bonds. The van der Waals surface area contributed by atoms with E-state index in [1.165, 1.54) is 22.9 Å². The molecule has 0 aliphatic carbocycles. The topological polar surface area (TPSA) is 102 Å². The number of nitrogens with one attached hydrogen (secondary N) is 1. The van der Waals surface area contributed by atoms with E-state index in [4.69, 9.17) is 4.98 Å².